The number of nitrogens with zero attached hydrogens (tertiary/aromatic N) is 1. The summed E-state index contributed by atoms with van der Waals surface area (Å²) in [6, 6.07) is 29.2. The van der Waals surface area contributed by atoms with E-state index < -0.39 is 0 Å². The van der Waals surface area contributed by atoms with Crippen LogP contribution in [0.4, 0.5) is 0 Å². The zero-order valence-electron chi connectivity index (χ0n) is 22.5. The van der Waals surface area contributed by atoms with Crippen LogP contribution in [-0.4, -0.2) is 36.4 Å². The van der Waals surface area contributed by atoms with E-state index in [0.717, 1.165) is 44.5 Å². The minimum Gasteiger partial charge on any atom is -0.365 e. The largest absolute Gasteiger partial charge is 1.00 e. The quantitative estimate of drug-likeness (QED) is 0.331. The molecule has 184 valence electrons. The van der Waals surface area contributed by atoms with Crippen LogP contribution in [0.2, 0.25) is 0 Å². The van der Waals surface area contributed by atoms with Crippen LogP contribution in [0.3, 0.4) is 0 Å². The first kappa shape index (κ1) is 28.8. The van der Waals surface area contributed by atoms with E-state index in [0.29, 0.717) is 6.42 Å². The molecule has 3 nitrogen and oxygen atoms in total. The Kier molecular flexibility index (Phi) is 11.0. The topological polar surface area (TPSA) is 29.5 Å². The predicted molar refractivity (Wildman–Crippen MR) is 144 cm³/mol. The van der Waals surface area contributed by atoms with Gasteiger partial charge in [0.1, 0.15) is 6.10 Å². The van der Waals surface area contributed by atoms with Gasteiger partial charge in [-0.1, -0.05) is 106 Å². The number of likely N-dealkylation sites (tertiary alicyclic amines) is 1. The number of piperidine rings is 1. The Morgan fingerprint density at radius 2 is 1.39 bits per heavy atom. The van der Waals surface area contributed by atoms with Crippen molar-refractivity contribution in [3.63, 3.8) is 0 Å². The third kappa shape index (κ3) is 8.13. The number of hydrogen-bond donors (Lipinski definition) is 0. The Balaban J connectivity index is 0.00000361. The van der Waals surface area contributed by atoms with Gasteiger partial charge in [0.2, 0.25) is 0 Å². The summed E-state index contributed by atoms with van der Waals surface area (Å²) < 4.78 is 6.67. The first-order chi connectivity index (χ1) is 16.9. The molecule has 1 fully saturated rings. The number of carbonyl (C=O) groups is 1. The summed E-state index contributed by atoms with van der Waals surface area (Å²) in [5.74, 6) is 0.247. The monoisotopic (exact) mass is 492 g/mol. The van der Waals surface area contributed by atoms with Gasteiger partial charge >= 0.3 is 29.6 Å². The summed E-state index contributed by atoms with van der Waals surface area (Å²) >= 11 is 0. The predicted octanol–water partition coefficient (Wildman–Crippen LogP) is 4.22. The Hall–Kier alpha value is -1.75. The molecule has 4 heteroatoms. The van der Waals surface area contributed by atoms with Crippen LogP contribution in [0.1, 0.15) is 79.6 Å². The molecule has 1 heterocycles. The number of carbonyl (C=O) groups excluding carboxylic acids is 1. The summed E-state index contributed by atoms with van der Waals surface area (Å²) in [4.78, 5) is 15.1. The van der Waals surface area contributed by atoms with Gasteiger partial charge in [-0.15, -0.1) is 0 Å². The van der Waals surface area contributed by atoms with Gasteiger partial charge in [-0.2, -0.15) is 0 Å². The normalized spacial score (nSPS) is 15.0. The van der Waals surface area contributed by atoms with Gasteiger partial charge < -0.3 is 9.64 Å². The van der Waals surface area contributed by atoms with Crippen LogP contribution in [0.15, 0.2) is 84.9 Å². The molecule has 1 aliphatic heterocycles. The average molecular weight is 493 g/mol. The first-order valence-corrected chi connectivity index (χ1v) is 13.0. The van der Waals surface area contributed by atoms with Crippen LogP contribution in [0.25, 0.3) is 0 Å². The van der Waals surface area contributed by atoms with Gasteiger partial charge in [-0.25, -0.2) is 0 Å². The molecule has 0 radical (unpaired) electrons. The molecule has 4 rings (SSSR count). The van der Waals surface area contributed by atoms with Crippen molar-refractivity contribution in [3.8, 4) is 0 Å². The molecule has 0 bridgehead atoms. The van der Waals surface area contributed by atoms with Crippen molar-refractivity contribution in [2.24, 2.45) is 0 Å². The van der Waals surface area contributed by atoms with Crippen LogP contribution in [0, 0.1) is 0 Å². The fraction of sp³-hybridized carbons (Fsp3) is 0.406. The number of hydrogen-bond acceptors (Lipinski definition) is 3. The average Bonchev–Trinajstić information content (AvgIpc) is 2.88. The fourth-order valence-electron chi connectivity index (χ4n) is 4.83. The van der Waals surface area contributed by atoms with Crippen molar-refractivity contribution in [3.05, 3.63) is 107 Å². The van der Waals surface area contributed by atoms with Gasteiger partial charge in [0.15, 0.2) is 5.78 Å². The Labute approximate surface area is 239 Å². The third-order valence-corrected chi connectivity index (χ3v) is 7.02. The number of benzene rings is 3. The van der Waals surface area contributed by atoms with E-state index in [9.17, 15) is 4.79 Å². The van der Waals surface area contributed by atoms with E-state index in [4.69, 9.17) is 4.74 Å². The third-order valence-electron chi connectivity index (χ3n) is 7.02. The van der Waals surface area contributed by atoms with Gasteiger partial charge in [0, 0.05) is 25.1 Å². The summed E-state index contributed by atoms with van der Waals surface area (Å²) in [5, 5.41) is 0. The second-order valence-corrected chi connectivity index (χ2v) is 10.7. The van der Waals surface area contributed by atoms with Crippen molar-refractivity contribution < 1.29 is 39.1 Å². The number of rotatable bonds is 9. The van der Waals surface area contributed by atoms with Gasteiger partial charge in [-0.05, 0) is 47.9 Å². The van der Waals surface area contributed by atoms with E-state index in [1.54, 1.807) is 0 Å². The second-order valence-electron chi connectivity index (χ2n) is 10.7. The Bertz CT molecular complexity index is 1010. The Morgan fingerprint density at radius 3 is 1.89 bits per heavy atom. The summed E-state index contributed by atoms with van der Waals surface area (Å²) in [7, 11) is 0. The maximum atomic E-state index is 12.7. The first-order valence-electron chi connectivity index (χ1n) is 13.0. The molecule has 0 atom stereocenters. The molecule has 1 saturated heterocycles. The van der Waals surface area contributed by atoms with Gasteiger partial charge in [0.05, 0.1) is 6.10 Å². The zero-order valence-corrected chi connectivity index (χ0v) is 24.5. The molecule has 1 aliphatic rings. The molecule has 0 aliphatic carbocycles. The molecule has 0 amide bonds. The molecular weight excluding hydrogens is 453 g/mol. The molecular formula is C32H39NNaO2+. The molecule has 0 spiro atoms. The molecule has 0 N–H and O–H groups in total. The SMILES string of the molecule is CC(C)(C)c1ccc(C(=O)CCCN2CCC(OC(c3ccccc3)c3ccccc3)CC2)cc1.[Na+]. The summed E-state index contributed by atoms with van der Waals surface area (Å²) in [6.07, 6.45) is 3.78. The zero-order chi connectivity index (χ0) is 24.7. The van der Waals surface area contributed by atoms with Gasteiger partial charge in [0.25, 0.3) is 0 Å². The maximum Gasteiger partial charge on any atom is 1.00 e. The molecule has 0 aromatic heterocycles. The molecule has 3 aromatic carbocycles. The minimum atomic E-state index is -0.0313. The van der Waals surface area contributed by atoms with E-state index in [2.05, 4.69) is 98.5 Å². The summed E-state index contributed by atoms with van der Waals surface area (Å²) in [6.45, 7) is 9.61. The van der Waals surface area contributed by atoms with Crippen LogP contribution < -0.4 is 29.6 Å². The van der Waals surface area contributed by atoms with Crippen LogP contribution in [0.5, 0.6) is 0 Å². The molecule has 3 aromatic rings. The van der Waals surface area contributed by atoms with E-state index >= 15 is 0 Å². The smallest absolute Gasteiger partial charge is 0.365 e. The Morgan fingerprint density at radius 1 is 0.861 bits per heavy atom. The van der Waals surface area contributed by atoms with Crippen molar-refractivity contribution >= 4 is 5.78 Å². The summed E-state index contributed by atoms with van der Waals surface area (Å²) in [5.41, 5.74) is 4.61. The van der Waals surface area contributed by atoms with E-state index in [1.807, 2.05) is 12.1 Å². The van der Waals surface area contributed by atoms with Crippen LogP contribution in [-0.2, 0) is 10.2 Å². The van der Waals surface area contributed by atoms with Crippen molar-refractivity contribution in [2.45, 2.75) is 64.1 Å². The number of ketones is 1. The maximum absolute atomic E-state index is 12.7. The van der Waals surface area contributed by atoms with Crippen molar-refractivity contribution in [1.82, 2.24) is 4.90 Å². The van der Waals surface area contributed by atoms with Crippen LogP contribution >= 0.6 is 0 Å². The standard InChI is InChI=1S/C32H39NO2.Na/c1-32(2,3)28-18-16-25(17-19-28)30(34)15-10-22-33-23-20-29(21-24-33)35-31(26-11-6-4-7-12-26)27-13-8-5-9-14-27;/h4-9,11-14,16-19,29,31H,10,15,20-24H2,1-3H3;/q;+1. The fourth-order valence-corrected chi connectivity index (χ4v) is 4.83. The second kappa shape index (κ2) is 13.7. The van der Waals surface area contributed by atoms with Gasteiger partial charge in [-0.3, -0.25) is 4.79 Å². The molecule has 0 unspecified atom stereocenters. The number of Topliss-reactive ketones (excluding diaryl/α,β-unsaturated/α-hetero) is 1. The molecule has 0 saturated carbocycles. The van der Waals surface area contributed by atoms with E-state index in [1.165, 1.54) is 16.7 Å². The minimum absolute atomic E-state index is 0. The van der Waals surface area contributed by atoms with E-state index in [-0.39, 0.29) is 53.0 Å². The number of ether oxygens (including phenoxy) is 1. The van der Waals surface area contributed by atoms with Crippen molar-refractivity contribution in [1.29, 1.82) is 0 Å². The molecule has 36 heavy (non-hydrogen) atoms. The van der Waals surface area contributed by atoms with Crippen molar-refractivity contribution in [2.75, 3.05) is 19.6 Å².